The first-order chi connectivity index (χ1) is 20.5. The van der Waals surface area contributed by atoms with Crippen LogP contribution < -0.4 is 13.9 Å². The van der Waals surface area contributed by atoms with Gasteiger partial charge in [0.2, 0.25) is 0 Å². The van der Waals surface area contributed by atoms with Gasteiger partial charge in [0.25, 0.3) is 10.0 Å². The molecule has 0 radical (unpaired) electrons. The number of sulfonamides is 1. The van der Waals surface area contributed by atoms with Crippen LogP contribution in [0.5, 0.6) is 5.75 Å². The van der Waals surface area contributed by atoms with Crippen molar-refractivity contribution < 1.29 is 45.4 Å². The Morgan fingerprint density at radius 3 is 2.36 bits per heavy atom. The molecule has 9 nitrogen and oxygen atoms in total. The van der Waals surface area contributed by atoms with Crippen molar-refractivity contribution in [2.45, 2.75) is 69.2 Å². The van der Waals surface area contributed by atoms with Gasteiger partial charge in [-0.25, -0.2) is 18.0 Å². The molecule has 1 aliphatic rings. The molecule has 1 amide bonds. The van der Waals surface area contributed by atoms with Crippen molar-refractivity contribution in [3.8, 4) is 5.75 Å². The molecular formula is C31H37F3N2O7S. The molecule has 1 heterocycles. The van der Waals surface area contributed by atoms with E-state index in [1.807, 2.05) is 0 Å². The van der Waals surface area contributed by atoms with Crippen LogP contribution in [0.25, 0.3) is 0 Å². The SMILES string of the molecule is C=CCOc1ccc(C(=O)OC)cc1S(=O)(=O)N(C(=O)OC(C)(C)C)c1cc(C(F)(F)F)ccc1N1CCCCC1CC=C. The summed E-state index contributed by atoms with van der Waals surface area (Å²) in [6, 6.07) is 5.78. The molecular weight excluding hydrogens is 601 g/mol. The van der Waals surface area contributed by atoms with E-state index in [2.05, 4.69) is 13.2 Å². The van der Waals surface area contributed by atoms with Crippen molar-refractivity contribution in [1.29, 1.82) is 0 Å². The van der Waals surface area contributed by atoms with Crippen LogP contribution in [0.2, 0.25) is 0 Å². The Bertz CT molecular complexity index is 1500. The average molecular weight is 639 g/mol. The standard InChI is InChI=1S/C31H37F3N2O7S/c1-7-11-23-12-9-10-17-35(23)24-15-14-22(31(32,33)34)20-25(24)36(29(38)43-30(3,4)5)44(39,40)27-19-21(28(37)41-6)13-16-26(27)42-18-8-2/h7-8,13-16,19-20,23H,1-2,9-12,17-18H2,3-6H3. The van der Waals surface area contributed by atoms with Gasteiger partial charge in [0.1, 0.15) is 22.9 Å². The van der Waals surface area contributed by atoms with Crippen LogP contribution in [0.1, 0.15) is 62.4 Å². The van der Waals surface area contributed by atoms with E-state index < -0.39 is 50.0 Å². The van der Waals surface area contributed by atoms with Gasteiger partial charge in [-0.05, 0) is 82.9 Å². The van der Waals surface area contributed by atoms with Gasteiger partial charge < -0.3 is 19.1 Å². The van der Waals surface area contributed by atoms with Gasteiger partial charge in [0.05, 0.1) is 29.6 Å². The molecule has 0 N–H and O–H groups in total. The van der Waals surface area contributed by atoms with Gasteiger partial charge in [0.15, 0.2) is 0 Å². The second-order valence-corrected chi connectivity index (χ2v) is 12.8. The molecule has 13 heteroatoms. The summed E-state index contributed by atoms with van der Waals surface area (Å²) in [5.41, 5.74) is -3.10. The number of anilines is 2. The van der Waals surface area contributed by atoms with E-state index >= 15 is 0 Å². The van der Waals surface area contributed by atoms with Crippen LogP contribution >= 0.6 is 0 Å². The smallest absolute Gasteiger partial charge is 0.429 e. The van der Waals surface area contributed by atoms with Crippen molar-refractivity contribution in [3.05, 3.63) is 72.8 Å². The number of ether oxygens (including phenoxy) is 3. The van der Waals surface area contributed by atoms with Gasteiger partial charge in [-0.15, -0.1) is 6.58 Å². The number of hydrogen-bond acceptors (Lipinski definition) is 8. The summed E-state index contributed by atoms with van der Waals surface area (Å²) in [5.74, 6) is -1.16. The average Bonchev–Trinajstić information content (AvgIpc) is 2.94. The number of amides is 1. The highest BCUT2D eigenvalue weighted by Crippen LogP contribution is 2.43. The normalized spacial score (nSPS) is 15.7. The topological polar surface area (TPSA) is 102 Å². The number of alkyl halides is 3. The number of carbonyl (C=O) groups excluding carboxylic acids is 2. The quantitative estimate of drug-likeness (QED) is 0.200. The fourth-order valence-electron chi connectivity index (χ4n) is 4.81. The minimum Gasteiger partial charge on any atom is -0.488 e. The Balaban J connectivity index is 2.42. The fraction of sp³-hybridized carbons (Fsp3) is 0.419. The van der Waals surface area contributed by atoms with E-state index in [0.29, 0.717) is 31.9 Å². The molecule has 1 unspecified atom stereocenters. The zero-order chi connectivity index (χ0) is 32.9. The molecule has 240 valence electrons. The Morgan fingerprint density at radius 1 is 1.07 bits per heavy atom. The maximum absolute atomic E-state index is 14.6. The lowest BCUT2D eigenvalue weighted by atomic mass is 9.97. The van der Waals surface area contributed by atoms with Crippen molar-refractivity contribution in [2.24, 2.45) is 0 Å². The number of esters is 1. The van der Waals surface area contributed by atoms with Crippen LogP contribution in [0, 0.1) is 0 Å². The molecule has 0 aliphatic carbocycles. The highest BCUT2D eigenvalue weighted by Gasteiger charge is 2.42. The Kier molecular flexibility index (Phi) is 10.8. The van der Waals surface area contributed by atoms with Crippen molar-refractivity contribution in [1.82, 2.24) is 0 Å². The van der Waals surface area contributed by atoms with E-state index in [0.717, 1.165) is 31.7 Å². The molecule has 2 aromatic carbocycles. The van der Waals surface area contributed by atoms with E-state index in [1.165, 1.54) is 39.0 Å². The van der Waals surface area contributed by atoms with Crippen LogP contribution in [0.3, 0.4) is 0 Å². The highest BCUT2D eigenvalue weighted by atomic mass is 32.2. The number of methoxy groups -OCH3 is 1. The summed E-state index contributed by atoms with van der Waals surface area (Å²) in [5, 5.41) is 0. The van der Waals surface area contributed by atoms with Gasteiger partial charge in [-0.2, -0.15) is 17.5 Å². The Morgan fingerprint density at radius 2 is 1.77 bits per heavy atom. The summed E-state index contributed by atoms with van der Waals surface area (Å²) in [7, 11) is -4.03. The zero-order valence-electron chi connectivity index (χ0n) is 25.1. The fourth-order valence-corrected chi connectivity index (χ4v) is 6.30. The van der Waals surface area contributed by atoms with E-state index in [9.17, 15) is 31.2 Å². The lowest BCUT2D eigenvalue weighted by Crippen LogP contribution is -2.44. The predicted molar refractivity (Wildman–Crippen MR) is 161 cm³/mol. The van der Waals surface area contributed by atoms with Gasteiger partial charge in [-0.1, -0.05) is 18.7 Å². The molecule has 2 aromatic rings. The molecule has 0 spiro atoms. The first-order valence-corrected chi connectivity index (χ1v) is 15.3. The molecule has 1 saturated heterocycles. The Labute approximate surface area is 255 Å². The molecule has 3 rings (SSSR count). The van der Waals surface area contributed by atoms with E-state index in [1.54, 1.807) is 11.0 Å². The summed E-state index contributed by atoms with van der Waals surface area (Å²) in [6.45, 7) is 12.0. The summed E-state index contributed by atoms with van der Waals surface area (Å²) in [4.78, 5) is 27.3. The van der Waals surface area contributed by atoms with Gasteiger partial charge >= 0.3 is 18.2 Å². The summed E-state index contributed by atoms with van der Waals surface area (Å²) < 4.78 is 87.3. The number of nitrogens with zero attached hydrogens (tertiary/aromatic N) is 2. The van der Waals surface area contributed by atoms with E-state index in [-0.39, 0.29) is 34.0 Å². The number of rotatable bonds is 10. The first kappa shape index (κ1) is 34.5. The maximum atomic E-state index is 14.6. The summed E-state index contributed by atoms with van der Waals surface area (Å²) >= 11 is 0. The lowest BCUT2D eigenvalue weighted by Gasteiger charge is -2.39. The van der Waals surface area contributed by atoms with Crippen LogP contribution in [0.15, 0.2) is 66.6 Å². The molecule has 44 heavy (non-hydrogen) atoms. The van der Waals surface area contributed by atoms with Crippen LogP contribution in [0.4, 0.5) is 29.3 Å². The highest BCUT2D eigenvalue weighted by molar-refractivity contribution is 7.93. The van der Waals surface area contributed by atoms with Crippen molar-refractivity contribution in [3.63, 3.8) is 0 Å². The minimum atomic E-state index is -5.13. The monoisotopic (exact) mass is 638 g/mol. The van der Waals surface area contributed by atoms with Crippen LogP contribution in [-0.4, -0.2) is 52.4 Å². The van der Waals surface area contributed by atoms with E-state index in [4.69, 9.17) is 14.2 Å². The summed E-state index contributed by atoms with van der Waals surface area (Å²) in [6.07, 6.45) is -0.617. The number of hydrogen-bond donors (Lipinski definition) is 0. The predicted octanol–water partition coefficient (Wildman–Crippen LogP) is 7.12. The van der Waals surface area contributed by atoms with Gasteiger partial charge in [0, 0.05) is 12.6 Å². The second kappa shape index (κ2) is 13.7. The molecule has 0 aromatic heterocycles. The number of piperidine rings is 1. The first-order valence-electron chi connectivity index (χ1n) is 13.9. The third-order valence-corrected chi connectivity index (χ3v) is 8.40. The zero-order valence-corrected chi connectivity index (χ0v) is 26.0. The van der Waals surface area contributed by atoms with Crippen molar-refractivity contribution >= 4 is 33.5 Å². The molecule has 0 bridgehead atoms. The molecule has 1 fully saturated rings. The van der Waals surface area contributed by atoms with Crippen molar-refractivity contribution in [2.75, 3.05) is 29.5 Å². The largest absolute Gasteiger partial charge is 0.488 e. The number of carbonyl (C=O) groups is 2. The Hall–Kier alpha value is -4.00. The van der Waals surface area contributed by atoms with Crippen LogP contribution in [-0.2, 0) is 25.7 Å². The minimum absolute atomic E-state index is 0.0802. The molecule has 1 atom stereocenters. The third kappa shape index (κ3) is 7.93. The van der Waals surface area contributed by atoms with Gasteiger partial charge in [-0.3, -0.25) is 0 Å². The third-order valence-electron chi connectivity index (χ3n) is 6.70. The molecule has 1 aliphatic heterocycles. The maximum Gasteiger partial charge on any atom is 0.429 e. The number of benzene rings is 2. The number of halogens is 3. The second-order valence-electron chi connectivity index (χ2n) is 11.1. The lowest BCUT2D eigenvalue weighted by molar-refractivity contribution is -0.137. The molecule has 0 saturated carbocycles.